The van der Waals surface area contributed by atoms with Crippen LogP contribution in [0.25, 0.3) is 0 Å². The lowest BCUT2D eigenvalue weighted by Crippen LogP contribution is -2.42. The number of nitrogen functional groups attached to an aromatic ring is 1. The number of esters is 1. The number of rotatable bonds is 3. The molecule has 1 rings (SSSR count). The van der Waals surface area contributed by atoms with E-state index in [1.165, 1.54) is 13.0 Å². The van der Waals surface area contributed by atoms with Crippen LogP contribution in [0.4, 0.5) is 10.5 Å². The van der Waals surface area contributed by atoms with Crippen molar-refractivity contribution in [3.8, 4) is 0 Å². The molecule has 102 valence electrons. The highest BCUT2D eigenvalue weighted by Gasteiger charge is 2.21. The van der Waals surface area contributed by atoms with Crippen molar-refractivity contribution in [2.24, 2.45) is 5.73 Å². The van der Waals surface area contributed by atoms with Gasteiger partial charge in [-0.05, 0) is 41.1 Å². The number of hydrogen-bond acceptors (Lipinski definition) is 5. The van der Waals surface area contributed by atoms with Crippen molar-refractivity contribution in [3.63, 3.8) is 0 Å². The molecule has 0 bridgehead atoms. The Morgan fingerprint density at radius 3 is 2.58 bits per heavy atom. The summed E-state index contributed by atoms with van der Waals surface area (Å²) in [5.41, 5.74) is 10.9. The summed E-state index contributed by atoms with van der Waals surface area (Å²) in [6, 6.07) is 3.58. The normalized spacial score (nSPS) is 11.5. The third kappa shape index (κ3) is 4.25. The first-order valence-electron chi connectivity index (χ1n) is 5.17. The highest BCUT2D eigenvalue weighted by Crippen LogP contribution is 2.20. The fourth-order valence-electron chi connectivity index (χ4n) is 1.20. The molecule has 19 heavy (non-hydrogen) atoms. The van der Waals surface area contributed by atoms with E-state index >= 15 is 0 Å². The van der Waals surface area contributed by atoms with Gasteiger partial charge in [0.15, 0.2) is 6.10 Å². The monoisotopic (exact) mass is 329 g/mol. The second-order valence-electron chi connectivity index (χ2n) is 3.64. The molecule has 0 aliphatic heterocycles. The Morgan fingerprint density at radius 1 is 1.37 bits per heavy atom. The van der Waals surface area contributed by atoms with Crippen LogP contribution in [0, 0.1) is 0 Å². The van der Waals surface area contributed by atoms with E-state index in [4.69, 9.17) is 16.2 Å². The molecule has 0 saturated carbocycles. The molecule has 8 heteroatoms. The van der Waals surface area contributed by atoms with Crippen molar-refractivity contribution < 1.29 is 19.1 Å². The summed E-state index contributed by atoms with van der Waals surface area (Å²) in [5, 5.41) is 1.81. The molecule has 0 saturated heterocycles. The summed E-state index contributed by atoms with van der Waals surface area (Å²) in [5.74, 6) is -1.55. The zero-order valence-corrected chi connectivity index (χ0v) is 11.6. The summed E-state index contributed by atoms with van der Waals surface area (Å²) in [4.78, 5) is 33.7. The molecule has 0 radical (unpaired) electrons. The van der Waals surface area contributed by atoms with Gasteiger partial charge in [-0.25, -0.2) is 9.59 Å². The Hall–Kier alpha value is -2.09. The second kappa shape index (κ2) is 6.19. The number of imide groups is 1. The van der Waals surface area contributed by atoms with E-state index in [-0.39, 0.29) is 5.56 Å². The zero-order chi connectivity index (χ0) is 14.6. The maximum atomic E-state index is 11.8. The third-order valence-electron chi connectivity index (χ3n) is 2.11. The van der Waals surface area contributed by atoms with Gasteiger partial charge < -0.3 is 16.2 Å². The number of anilines is 1. The van der Waals surface area contributed by atoms with Crippen molar-refractivity contribution in [2.75, 3.05) is 5.73 Å². The second-order valence-corrected chi connectivity index (χ2v) is 4.49. The fraction of sp³-hybridized carbons (Fsp3) is 0.182. The van der Waals surface area contributed by atoms with E-state index in [1.54, 1.807) is 12.1 Å². The van der Waals surface area contributed by atoms with Gasteiger partial charge in [0.1, 0.15) is 0 Å². The number of ether oxygens (including phenoxy) is 1. The molecule has 0 aliphatic rings. The van der Waals surface area contributed by atoms with Crippen LogP contribution in [0.1, 0.15) is 17.3 Å². The summed E-state index contributed by atoms with van der Waals surface area (Å²) in [7, 11) is 0. The third-order valence-corrected chi connectivity index (χ3v) is 2.80. The number of halogens is 1. The summed E-state index contributed by atoms with van der Waals surface area (Å²) in [6.07, 6.45) is -1.16. The van der Waals surface area contributed by atoms with E-state index in [1.807, 2.05) is 5.32 Å². The minimum absolute atomic E-state index is 0.179. The summed E-state index contributed by atoms with van der Waals surface area (Å²) >= 11 is 3.17. The first-order valence-corrected chi connectivity index (χ1v) is 5.97. The molecule has 0 fully saturated rings. The Morgan fingerprint density at radius 2 is 2.00 bits per heavy atom. The Labute approximate surface area is 117 Å². The molecular formula is C11H12BrN3O4. The molecule has 7 nitrogen and oxygen atoms in total. The molecule has 1 unspecified atom stereocenters. The van der Waals surface area contributed by atoms with Gasteiger partial charge in [0.2, 0.25) is 0 Å². The molecule has 1 aromatic carbocycles. The van der Waals surface area contributed by atoms with E-state index in [9.17, 15) is 14.4 Å². The van der Waals surface area contributed by atoms with Gasteiger partial charge in [0.05, 0.1) is 5.56 Å². The number of urea groups is 1. The van der Waals surface area contributed by atoms with Gasteiger partial charge in [0, 0.05) is 10.2 Å². The number of primary amides is 1. The van der Waals surface area contributed by atoms with E-state index in [2.05, 4.69) is 15.9 Å². The van der Waals surface area contributed by atoms with Crippen LogP contribution in [0.2, 0.25) is 0 Å². The van der Waals surface area contributed by atoms with Gasteiger partial charge >= 0.3 is 12.0 Å². The van der Waals surface area contributed by atoms with Crippen LogP contribution < -0.4 is 16.8 Å². The van der Waals surface area contributed by atoms with Gasteiger partial charge in [-0.15, -0.1) is 0 Å². The average molecular weight is 330 g/mol. The number of hydrogen-bond donors (Lipinski definition) is 3. The van der Waals surface area contributed by atoms with Crippen molar-refractivity contribution >= 4 is 39.5 Å². The zero-order valence-electron chi connectivity index (χ0n) is 9.98. The molecule has 1 aromatic rings. The molecule has 5 N–H and O–H groups in total. The van der Waals surface area contributed by atoms with Crippen molar-refractivity contribution in [3.05, 3.63) is 28.2 Å². The number of nitrogens with two attached hydrogens (primary N) is 2. The van der Waals surface area contributed by atoms with Gasteiger partial charge in [-0.1, -0.05) is 0 Å². The van der Waals surface area contributed by atoms with Crippen LogP contribution in [-0.2, 0) is 9.53 Å². The van der Waals surface area contributed by atoms with Crippen LogP contribution in [-0.4, -0.2) is 24.0 Å². The predicted octanol–water partition coefficient (Wildman–Crippen LogP) is 0.772. The van der Waals surface area contributed by atoms with Gasteiger partial charge in [-0.3, -0.25) is 10.1 Å². The number of nitrogens with one attached hydrogen (secondary N) is 1. The topological polar surface area (TPSA) is 125 Å². The SMILES string of the molecule is CC(OC(=O)c1cc(N)ccc1Br)C(=O)NC(N)=O. The van der Waals surface area contributed by atoms with E-state index < -0.39 is 24.0 Å². The van der Waals surface area contributed by atoms with Crippen LogP contribution in [0.15, 0.2) is 22.7 Å². The van der Waals surface area contributed by atoms with Crippen LogP contribution in [0.5, 0.6) is 0 Å². The van der Waals surface area contributed by atoms with Gasteiger partial charge in [-0.2, -0.15) is 0 Å². The van der Waals surface area contributed by atoms with Crippen molar-refractivity contribution in [2.45, 2.75) is 13.0 Å². The molecular weight excluding hydrogens is 318 g/mol. The maximum Gasteiger partial charge on any atom is 0.340 e. The lowest BCUT2D eigenvalue weighted by molar-refractivity contribution is -0.127. The highest BCUT2D eigenvalue weighted by atomic mass is 79.9. The molecule has 0 aliphatic carbocycles. The van der Waals surface area contributed by atoms with Crippen molar-refractivity contribution in [1.82, 2.24) is 5.32 Å². The highest BCUT2D eigenvalue weighted by molar-refractivity contribution is 9.10. The van der Waals surface area contributed by atoms with Crippen LogP contribution >= 0.6 is 15.9 Å². The average Bonchev–Trinajstić information content (AvgIpc) is 2.31. The fourth-order valence-corrected chi connectivity index (χ4v) is 1.61. The largest absolute Gasteiger partial charge is 0.449 e. The molecule has 0 aromatic heterocycles. The summed E-state index contributed by atoms with van der Waals surface area (Å²) < 4.78 is 5.37. The lowest BCUT2D eigenvalue weighted by Gasteiger charge is -2.12. The number of benzene rings is 1. The standard InChI is InChI=1S/C11H12BrN3O4/c1-5(9(16)15-11(14)18)19-10(17)7-4-6(13)2-3-8(7)12/h2-5H,13H2,1H3,(H3,14,15,16,18). The lowest BCUT2D eigenvalue weighted by atomic mass is 10.2. The first kappa shape index (κ1) is 15.0. The molecule has 0 heterocycles. The first-order chi connectivity index (χ1) is 8.81. The Balaban J connectivity index is 2.77. The minimum Gasteiger partial charge on any atom is -0.449 e. The number of carbonyl (C=O) groups excluding carboxylic acids is 3. The minimum atomic E-state index is -1.16. The number of amides is 3. The summed E-state index contributed by atoms with van der Waals surface area (Å²) in [6.45, 7) is 1.32. The van der Waals surface area contributed by atoms with E-state index in [0.29, 0.717) is 10.2 Å². The predicted molar refractivity (Wildman–Crippen MR) is 71.2 cm³/mol. The van der Waals surface area contributed by atoms with E-state index in [0.717, 1.165) is 0 Å². The molecule has 1 atom stereocenters. The van der Waals surface area contributed by atoms with Crippen LogP contribution in [0.3, 0.4) is 0 Å². The van der Waals surface area contributed by atoms with Gasteiger partial charge in [0.25, 0.3) is 5.91 Å². The van der Waals surface area contributed by atoms with Crippen molar-refractivity contribution in [1.29, 1.82) is 0 Å². The molecule has 0 spiro atoms. The Kier molecular flexibility index (Phi) is 4.87. The Bertz CT molecular complexity index is 533. The maximum absolute atomic E-state index is 11.8. The molecule has 3 amide bonds. The number of carbonyl (C=O) groups is 3. The smallest absolute Gasteiger partial charge is 0.340 e. The quantitative estimate of drug-likeness (QED) is 0.558.